The Hall–Kier alpha value is -0.330. The molecule has 0 heterocycles. The van der Waals surface area contributed by atoms with Crippen molar-refractivity contribution in [1.29, 1.82) is 0 Å². The SMILES string of the molecule is CC(OC(=O)CI)OC(=O)C(C)C. The lowest BCUT2D eigenvalue weighted by Gasteiger charge is -2.14. The van der Waals surface area contributed by atoms with Crippen molar-refractivity contribution in [3.63, 3.8) is 0 Å². The fraction of sp³-hybridized carbons (Fsp3) is 0.750. The van der Waals surface area contributed by atoms with Crippen LogP contribution in [0.15, 0.2) is 0 Å². The summed E-state index contributed by atoms with van der Waals surface area (Å²) in [7, 11) is 0. The van der Waals surface area contributed by atoms with Crippen LogP contribution in [0.3, 0.4) is 0 Å². The number of hydrogen-bond acceptors (Lipinski definition) is 4. The fourth-order valence-electron chi connectivity index (χ4n) is 0.540. The number of rotatable bonds is 4. The second-order valence-corrected chi connectivity index (χ2v) is 3.55. The molecule has 0 fully saturated rings. The van der Waals surface area contributed by atoms with Gasteiger partial charge < -0.3 is 9.47 Å². The van der Waals surface area contributed by atoms with Crippen molar-refractivity contribution < 1.29 is 19.1 Å². The first-order valence-electron chi connectivity index (χ1n) is 3.93. The highest BCUT2D eigenvalue weighted by molar-refractivity contribution is 14.1. The molecule has 0 saturated heterocycles. The summed E-state index contributed by atoms with van der Waals surface area (Å²) in [5, 5.41) is 0. The van der Waals surface area contributed by atoms with Crippen molar-refractivity contribution in [2.75, 3.05) is 4.43 Å². The molecule has 0 aromatic heterocycles. The average molecular weight is 300 g/mol. The van der Waals surface area contributed by atoms with Crippen LogP contribution >= 0.6 is 22.6 Å². The van der Waals surface area contributed by atoms with Gasteiger partial charge in [-0.15, -0.1) is 0 Å². The number of halogens is 1. The summed E-state index contributed by atoms with van der Waals surface area (Å²) in [5.41, 5.74) is 0. The molecule has 76 valence electrons. The molecule has 0 rings (SSSR count). The molecule has 1 unspecified atom stereocenters. The van der Waals surface area contributed by atoms with Gasteiger partial charge in [-0.2, -0.15) is 0 Å². The van der Waals surface area contributed by atoms with Gasteiger partial charge in [-0.1, -0.05) is 36.4 Å². The molecule has 0 aromatic carbocycles. The third-order valence-corrected chi connectivity index (χ3v) is 1.78. The van der Waals surface area contributed by atoms with Gasteiger partial charge >= 0.3 is 11.9 Å². The second kappa shape index (κ2) is 6.17. The standard InChI is InChI=1S/C8H13IO4/c1-5(2)8(11)13-6(3)12-7(10)4-9/h5-6H,4H2,1-3H3. The Balaban J connectivity index is 3.80. The lowest BCUT2D eigenvalue weighted by atomic mass is 10.2. The van der Waals surface area contributed by atoms with Crippen molar-refractivity contribution >= 4 is 34.5 Å². The van der Waals surface area contributed by atoms with Crippen LogP contribution in [0.5, 0.6) is 0 Å². The van der Waals surface area contributed by atoms with Gasteiger partial charge in [0, 0.05) is 6.92 Å². The summed E-state index contributed by atoms with van der Waals surface area (Å²) in [4.78, 5) is 21.8. The monoisotopic (exact) mass is 300 g/mol. The molecular formula is C8H13IO4. The normalized spacial score (nSPS) is 12.4. The third kappa shape index (κ3) is 5.84. The molecule has 0 spiro atoms. The van der Waals surface area contributed by atoms with E-state index in [0.717, 1.165) is 0 Å². The van der Waals surface area contributed by atoms with Crippen LogP contribution in [0.25, 0.3) is 0 Å². The van der Waals surface area contributed by atoms with Gasteiger partial charge in [0.25, 0.3) is 0 Å². The van der Waals surface area contributed by atoms with Gasteiger partial charge in [0.2, 0.25) is 6.29 Å². The molecule has 0 aromatic rings. The second-order valence-electron chi connectivity index (χ2n) is 2.78. The lowest BCUT2D eigenvalue weighted by molar-refractivity contribution is -0.184. The quantitative estimate of drug-likeness (QED) is 0.342. The van der Waals surface area contributed by atoms with Crippen LogP contribution in [0.4, 0.5) is 0 Å². The zero-order chi connectivity index (χ0) is 10.4. The molecule has 0 aliphatic heterocycles. The first-order valence-corrected chi connectivity index (χ1v) is 5.46. The molecule has 0 bridgehead atoms. The number of carbonyl (C=O) groups is 2. The van der Waals surface area contributed by atoms with Crippen molar-refractivity contribution in [3.05, 3.63) is 0 Å². The molecule has 1 atom stereocenters. The topological polar surface area (TPSA) is 52.6 Å². The van der Waals surface area contributed by atoms with E-state index in [2.05, 4.69) is 0 Å². The van der Waals surface area contributed by atoms with Gasteiger partial charge in [-0.05, 0) is 0 Å². The molecule has 0 radical (unpaired) electrons. The molecule has 0 saturated carbocycles. The zero-order valence-electron chi connectivity index (χ0n) is 7.87. The van der Waals surface area contributed by atoms with E-state index in [1.54, 1.807) is 13.8 Å². The predicted octanol–water partition coefficient (Wildman–Crippen LogP) is 1.51. The Morgan fingerprint density at radius 3 is 2.15 bits per heavy atom. The largest absolute Gasteiger partial charge is 0.425 e. The number of alkyl halides is 1. The van der Waals surface area contributed by atoms with E-state index in [0.29, 0.717) is 0 Å². The summed E-state index contributed by atoms with van der Waals surface area (Å²) in [6, 6.07) is 0. The molecular weight excluding hydrogens is 287 g/mol. The highest BCUT2D eigenvalue weighted by atomic mass is 127. The van der Waals surface area contributed by atoms with Crippen LogP contribution in [0.1, 0.15) is 20.8 Å². The van der Waals surface area contributed by atoms with Gasteiger partial charge in [0.05, 0.1) is 10.3 Å². The maximum absolute atomic E-state index is 11.0. The van der Waals surface area contributed by atoms with E-state index in [1.807, 2.05) is 22.6 Å². The minimum atomic E-state index is -0.794. The van der Waals surface area contributed by atoms with Crippen LogP contribution < -0.4 is 0 Å². The summed E-state index contributed by atoms with van der Waals surface area (Å²) in [5.74, 6) is -0.959. The van der Waals surface area contributed by atoms with Gasteiger partial charge in [0.1, 0.15) is 0 Å². The highest BCUT2D eigenvalue weighted by Gasteiger charge is 2.15. The zero-order valence-corrected chi connectivity index (χ0v) is 10.0. The lowest BCUT2D eigenvalue weighted by Crippen LogP contribution is -2.24. The van der Waals surface area contributed by atoms with E-state index in [9.17, 15) is 9.59 Å². The number of ether oxygens (including phenoxy) is 2. The number of esters is 2. The van der Waals surface area contributed by atoms with Crippen LogP contribution in [-0.2, 0) is 19.1 Å². The van der Waals surface area contributed by atoms with Crippen LogP contribution in [0, 0.1) is 5.92 Å². The van der Waals surface area contributed by atoms with Crippen molar-refractivity contribution in [3.8, 4) is 0 Å². The predicted molar refractivity (Wildman–Crippen MR) is 55.4 cm³/mol. The average Bonchev–Trinajstić information content (AvgIpc) is 2.03. The highest BCUT2D eigenvalue weighted by Crippen LogP contribution is 2.02. The van der Waals surface area contributed by atoms with Crippen LogP contribution in [0.2, 0.25) is 0 Å². The maximum atomic E-state index is 11.0. The van der Waals surface area contributed by atoms with E-state index in [4.69, 9.17) is 9.47 Å². The van der Waals surface area contributed by atoms with Crippen LogP contribution in [-0.4, -0.2) is 22.7 Å². The third-order valence-electron chi connectivity index (χ3n) is 1.16. The summed E-state index contributed by atoms with van der Waals surface area (Å²) in [6.07, 6.45) is -0.794. The molecule has 0 aliphatic rings. The summed E-state index contributed by atoms with van der Waals surface area (Å²) < 4.78 is 9.78. The maximum Gasteiger partial charge on any atom is 0.318 e. The summed E-state index contributed by atoms with van der Waals surface area (Å²) >= 11 is 1.88. The molecule has 0 N–H and O–H groups in total. The molecule has 4 nitrogen and oxygen atoms in total. The van der Waals surface area contributed by atoms with Crippen molar-refractivity contribution in [2.45, 2.75) is 27.1 Å². The van der Waals surface area contributed by atoms with Crippen molar-refractivity contribution in [2.24, 2.45) is 5.92 Å². The molecule has 0 amide bonds. The Kier molecular flexibility index (Phi) is 6.02. The van der Waals surface area contributed by atoms with Gasteiger partial charge in [0.15, 0.2) is 0 Å². The first-order chi connectivity index (χ1) is 5.97. The van der Waals surface area contributed by atoms with Gasteiger partial charge in [-0.25, -0.2) is 0 Å². The minimum absolute atomic E-state index is 0.208. The fourth-order valence-corrected chi connectivity index (χ4v) is 0.720. The number of hydrogen-bond donors (Lipinski definition) is 0. The first kappa shape index (κ1) is 12.7. The Morgan fingerprint density at radius 1 is 1.23 bits per heavy atom. The number of carbonyl (C=O) groups excluding carboxylic acids is 2. The van der Waals surface area contributed by atoms with E-state index in [-0.39, 0.29) is 22.3 Å². The molecule has 13 heavy (non-hydrogen) atoms. The smallest absolute Gasteiger partial charge is 0.318 e. The minimum Gasteiger partial charge on any atom is -0.425 e. The Labute approximate surface area is 91.1 Å². The molecule has 0 aliphatic carbocycles. The van der Waals surface area contributed by atoms with Gasteiger partial charge in [-0.3, -0.25) is 9.59 Å². The molecule has 5 heteroatoms. The van der Waals surface area contributed by atoms with Crippen molar-refractivity contribution in [1.82, 2.24) is 0 Å². The Bertz CT molecular complexity index is 191. The summed E-state index contributed by atoms with van der Waals surface area (Å²) in [6.45, 7) is 4.95. The Morgan fingerprint density at radius 2 is 1.77 bits per heavy atom. The van der Waals surface area contributed by atoms with E-state index in [1.165, 1.54) is 6.92 Å². The van der Waals surface area contributed by atoms with E-state index < -0.39 is 6.29 Å². The van der Waals surface area contributed by atoms with E-state index >= 15 is 0 Å².